The number of hydrogen-bond acceptors (Lipinski definition) is 1. The smallest absolute Gasteiger partial charge is 0.171 e. The first-order valence-electron chi connectivity index (χ1n) is 5.89. The van der Waals surface area contributed by atoms with E-state index in [0.29, 0.717) is 16.6 Å². The van der Waals surface area contributed by atoms with E-state index in [2.05, 4.69) is 10.6 Å². The summed E-state index contributed by atoms with van der Waals surface area (Å²) in [6.07, 6.45) is 0. The molecule has 2 aromatic rings. The van der Waals surface area contributed by atoms with E-state index in [1.54, 1.807) is 18.2 Å². The lowest BCUT2D eigenvalue weighted by atomic mass is 10.2. The fourth-order valence-electron chi connectivity index (χ4n) is 1.60. The zero-order valence-electron chi connectivity index (χ0n) is 10.6. The van der Waals surface area contributed by atoms with Crippen molar-refractivity contribution in [2.24, 2.45) is 0 Å². The van der Waals surface area contributed by atoms with E-state index in [9.17, 15) is 8.78 Å². The van der Waals surface area contributed by atoms with Crippen LogP contribution >= 0.6 is 35.4 Å². The first kappa shape index (κ1) is 15.9. The normalized spacial score (nSPS) is 10.3. The van der Waals surface area contributed by atoms with Gasteiger partial charge < -0.3 is 10.6 Å². The summed E-state index contributed by atoms with van der Waals surface area (Å²) in [6, 6.07) is 8.29. The van der Waals surface area contributed by atoms with E-state index in [0.717, 1.165) is 17.7 Å². The Morgan fingerprint density at radius 3 is 2.52 bits per heavy atom. The molecule has 2 nitrogen and oxygen atoms in total. The lowest BCUT2D eigenvalue weighted by Crippen LogP contribution is -2.28. The van der Waals surface area contributed by atoms with Gasteiger partial charge in [0.15, 0.2) is 5.11 Å². The lowest BCUT2D eigenvalue weighted by molar-refractivity contribution is 0.586. The van der Waals surface area contributed by atoms with E-state index >= 15 is 0 Å². The molecule has 0 aromatic heterocycles. The summed E-state index contributed by atoms with van der Waals surface area (Å²) in [4.78, 5) is 0. The molecule has 0 saturated carbocycles. The van der Waals surface area contributed by atoms with Crippen LogP contribution in [0.4, 0.5) is 14.5 Å². The van der Waals surface area contributed by atoms with Crippen molar-refractivity contribution >= 4 is 46.2 Å². The van der Waals surface area contributed by atoms with Gasteiger partial charge in [-0.05, 0) is 42.0 Å². The first-order valence-corrected chi connectivity index (χ1v) is 7.06. The van der Waals surface area contributed by atoms with Crippen LogP contribution < -0.4 is 10.6 Å². The third-order valence-electron chi connectivity index (χ3n) is 2.63. The molecular formula is C14H10Cl2F2N2S. The van der Waals surface area contributed by atoms with Crippen molar-refractivity contribution in [3.63, 3.8) is 0 Å². The number of nitrogens with one attached hydrogen (secondary N) is 2. The summed E-state index contributed by atoms with van der Waals surface area (Å²) in [6.45, 7) is 0.352. The highest BCUT2D eigenvalue weighted by Crippen LogP contribution is 2.21. The molecule has 110 valence electrons. The Morgan fingerprint density at radius 2 is 1.86 bits per heavy atom. The highest BCUT2D eigenvalue weighted by atomic mass is 35.5. The van der Waals surface area contributed by atoms with E-state index < -0.39 is 11.6 Å². The number of anilines is 1. The predicted molar refractivity (Wildman–Crippen MR) is 85.9 cm³/mol. The van der Waals surface area contributed by atoms with Gasteiger partial charge in [-0.15, -0.1) is 0 Å². The molecule has 0 aliphatic heterocycles. The van der Waals surface area contributed by atoms with Crippen molar-refractivity contribution in [1.29, 1.82) is 0 Å². The number of rotatable bonds is 3. The number of hydrogen-bond donors (Lipinski definition) is 2. The van der Waals surface area contributed by atoms with Gasteiger partial charge in [0.25, 0.3) is 0 Å². The average molecular weight is 347 g/mol. The van der Waals surface area contributed by atoms with Crippen molar-refractivity contribution in [1.82, 2.24) is 5.32 Å². The predicted octanol–water partition coefficient (Wildman–Crippen LogP) is 4.76. The van der Waals surface area contributed by atoms with Crippen molar-refractivity contribution in [2.75, 3.05) is 5.32 Å². The fraction of sp³-hybridized carbons (Fsp3) is 0.0714. The fourth-order valence-corrected chi connectivity index (χ4v) is 2.26. The number of halogens is 4. The molecule has 21 heavy (non-hydrogen) atoms. The van der Waals surface area contributed by atoms with Gasteiger partial charge in [-0.25, -0.2) is 8.78 Å². The molecule has 0 aliphatic rings. The monoisotopic (exact) mass is 346 g/mol. The topological polar surface area (TPSA) is 24.1 Å². The van der Waals surface area contributed by atoms with Crippen LogP contribution in [0.3, 0.4) is 0 Å². The van der Waals surface area contributed by atoms with E-state index in [1.807, 2.05) is 0 Å². The van der Waals surface area contributed by atoms with Crippen molar-refractivity contribution in [3.8, 4) is 0 Å². The maximum atomic E-state index is 13.5. The minimum Gasteiger partial charge on any atom is -0.358 e. The zero-order chi connectivity index (χ0) is 15.4. The van der Waals surface area contributed by atoms with Crippen LogP contribution in [0.2, 0.25) is 10.0 Å². The quantitative estimate of drug-likeness (QED) is 0.783. The Kier molecular flexibility index (Phi) is 5.33. The second-order valence-electron chi connectivity index (χ2n) is 4.17. The summed E-state index contributed by atoms with van der Waals surface area (Å²) in [5.41, 5.74) is 0.890. The van der Waals surface area contributed by atoms with Crippen LogP contribution in [0.15, 0.2) is 36.4 Å². The molecule has 0 aliphatic carbocycles. The van der Waals surface area contributed by atoms with Gasteiger partial charge in [-0.3, -0.25) is 0 Å². The Hall–Kier alpha value is -1.43. The molecule has 0 amide bonds. The minimum atomic E-state index is -0.719. The second-order valence-corrected chi connectivity index (χ2v) is 5.42. The van der Waals surface area contributed by atoms with Crippen molar-refractivity contribution in [2.45, 2.75) is 6.54 Å². The van der Waals surface area contributed by atoms with Crippen LogP contribution in [0.5, 0.6) is 0 Å². The SMILES string of the molecule is Fc1ccc(NC(=S)NCc2ccc(Cl)cc2Cl)c(F)c1. The Balaban J connectivity index is 1.96. The van der Waals surface area contributed by atoms with Gasteiger partial charge in [0.2, 0.25) is 0 Å². The van der Waals surface area contributed by atoms with Crippen LogP contribution in [0, 0.1) is 11.6 Å². The molecule has 0 fully saturated rings. The molecular weight excluding hydrogens is 337 g/mol. The molecule has 2 aromatic carbocycles. The third kappa shape index (κ3) is 4.52. The highest BCUT2D eigenvalue weighted by molar-refractivity contribution is 7.80. The third-order valence-corrected chi connectivity index (χ3v) is 3.47. The molecule has 0 bridgehead atoms. The van der Waals surface area contributed by atoms with Gasteiger partial charge in [0.1, 0.15) is 11.6 Å². The summed E-state index contributed by atoms with van der Waals surface area (Å²) >= 11 is 16.9. The Bertz CT molecular complexity index is 680. The highest BCUT2D eigenvalue weighted by Gasteiger charge is 2.06. The molecule has 0 unspecified atom stereocenters. The van der Waals surface area contributed by atoms with Gasteiger partial charge >= 0.3 is 0 Å². The molecule has 0 heterocycles. The van der Waals surface area contributed by atoms with E-state index in [-0.39, 0.29) is 10.8 Å². The minimum absolute atomic E-state index is 0.0936. The summed E-state index contributed by atoms with van der Waals surface area (Å²) in [5, 5.41) is 6.78. The molecule has 7 heteroatoms. The number of benzene rings is 2. The summed E-state index contributed by atoms with van der Waals surface area (Å²) < 4.78 is 26.2. The summed E-state index contributed by atoms with van der Waals surface area (Å²) in [5.74, 6) is -1.37. The molecule has 0 radical (unpaired) electrons. The lowest BCUT2D eigenvalue weighted by Gasteiger charge is -2.12. The first-order chi connectivity index (χ1) is 9.95. The molecule has 2 rings (SSSR count). The Morgan fingerprint density at radius 1 is 1.10 bits per heavy atom. The maximum Gasteiger partial charge on any atom is 0.171 e. The zero-order valence-corrected chi connectivity index (χ0v) is 12.9. The molecule has 0 atom stereocenters. The molecule has 0 spiro atoms. The largest absolute Gasteiger partial charge is 0.358 e. The summed E-state index contributed by atoms with van der Waals surface area (Å²) in [7, 11) is 0. The number of thiocarbonyl (C=S) groups is 1. The van der Waals surface area contributed by atoms with Gasteiger partial charge in [-0.1, -0.05) is 29.3 Å². The van der Waals surface area contributed by atoms with E-state index in [1.165, 1.54) is 6.07 Å². The van der Waals surface area contributed by atoms with Crippen molar-refractivity contribution < 1.29 is 8.78 Å². The second kappa shape index (κ2) is 7.02. The average Bonchev–Trinajstić information content (AvgIpc) is 2.41. The van der Waals surface area contributed by atoms with Gasteiger partial charge in [-0.2, -0.15) is 0 Å². The van der Waals surface area contributed by atoms with Gasteiger partial charge in [0, 0.05) is 22.7 Å². The Labute approximate surface area is 136 Å². The van der Waals surface area contributed by atoms with Crippen LogP contribution in [-0.4, -0.2) is 5.11 Å². The van der Waals surface area contributed by atoms with Crippen LogP contribution in [-0.2, 0) is 6.54 Å². The van der Waals surface area contributed by atoms with Crippen LogP contribution in [0.25, 0.3) is 0 Å². The standard InChI is InChI=1S/C14H10Cl2F2N2S/c15-9-2-1-8(11(16)5-9)7-19-14(21)20-13-4-3-10(17)6-12(13)18/h1-6H,7H2,(H2,19,20,21). The van der Waals surface area contributed by atoms with Crippen molar-refractivity contribution in [3.05, 3.63) is 63.6 Å². The van der Waals surface area contributed by atoms with E-state index in [4.69, 9.17) is 35.4 Å². The van der Waals surface area contributed by atoms with Gasteiger partial charge in [0.05, 0.1) is 5.69 Å². The maximum absolute atomic E-state index is 13.5. The van der Waals surface area contributed by atoms with Crippen LogP contribution in [0.1, 0.15) is 5.56 Å². The molecule has 0 saturated heterocycles. The molecule has 2 N–H and O–H groups in total.